The Morgan fingerprint density at radius 3 is 2.08 bits per heavy atom. The van der Waals surface area contributed by atoms with Crippen LogP contribution < -0.4 is 10.0 Å². The Morgan fingerprint density at radius 1 is 0.846 bits per heavy atom. The molecule has 0 N–H and O–H groups in total. The van der Waals surface area contributed by atoms with Crippen LogP contribution in [0.5, 0.6) is 5.75 Å². The summed E-state index contributed by atoms with van der Waals surface area (Å²) < 4.78 is 5.79. The van der Waals surface area contributed by atoms with Crippen molar-refractivity contribution in [3.8, 4) is 5.75 Å². The van der Waals surface area contributed by atoms with Crippen LogP contribution in [0.3, 0.4) is 0 Å². The molecule has 3 aromatic carbocycles. The quantitative estimate of drug-likeness (QED) is 0.475. The summed E-state index contributed by atoms with van der Waals surface area (Å²) in [6.07, 6.45) is 0. The summed E-state index contributed by atoms with van der Waals surface area (Å²) >= 11 is 0. The summed E-state index contributed by atoms with van der Waals surface area (Å²) in [5, 5.41) is 1.03. The Labute approximate surface area is 168 Å². The van der Waals surface area contributed by atoms with Crippen LogP contribution in [0, 0.1) is 13.8 Å². The summed E-state index contributed by atoms with van der Waals surface area (Å²) in [6, 6.07) is 23.9. The molecule has 4 heteroatoms. The van der Waals surface area contributed by atoms with Crippen molar-refractivity contribution in [2.45, 2.75) is 20.5 Å². The van der Waals surface area contributed by atoms with E-state index in [0.717, 1.165) is 33.3 Å². The van der Waals surface area contributed by atoms with Gasteiger partial charge >= 0.3 is 0 Å². The number of benzene rings is 3. The molecular weight excluding hydrogens is 334 g/mol. The molecule has 0 amide bonds. The maximum Gasteiger partial charge on any atom is 0.186 e. The molecule has 127 valence electrons. The normalized spacial score (nSPS) is 10.5. The molecule has 1 radical (unpaired) electrons. The first-order chi connectivity index (χ1) is 12.1. The van der Waals surface area contributed by atoms with Crippen molar-refractivity contribution >= 4 is 38.3 Å². The van der Waals surface area contributed by atoms with E-state index in [-0.39, 0.29) is 33.0 Å². The number of hydrogen-bond acceptors (Lipinski definition) is 2. The van der Waals surface area contributed by atoms with Gasteiger partial charge in [0.05, 0.1) is 0 Å². The van der Waals surface area contributed by atoms with Crippen LogP contribution >= 0.6 is 8.58 Å². The van der Waals surface area contributed by atoms with Gasteiger partial charge in [-0.25, -0.2) is 0 Å². The smallest absolute Gasteiger partial charge is 0.186 e. The average molecular weight is 355 g/mol. The minimum absolute atomic E-state index is 0. The average Bonchev–Trinajstić information content (AvgIpc) is 2.62. The second-order valence-corrected chi connectivity index (χ2v) is 7.30. The first kappa shape index (κ1) is 20.5. The van der Waals surface area contributed by atoms with Crippen molar-refractivity contribution in [2.24, 2.45) is 0 Å². The van der Waals surface area contributed by atoms with Crippen LogP contribution in [0.15, 0.2) is 72.8 Å². The monoisotopic (exact) mass is 355 g/mol. The molecule has 0 aliphatic heterocycles. The van der Waals surface area contributed by atoms with Crippen molar-refractivity contribution in [2.75, 3.05) is 0 Å². The summed E-state index contributed by atoms with van der Waals surface area (Å²) in [5.41, 5.74) is 4.26. The van der Waals surface area contributed by atoms with E-state index >= 15 is 0 Å². The Morgan fingerprint density at radius 2 is 1.46 bits per heavy atom. The summed E-state index contributed by atoms with van der Waals surface area (Å²) in [7, 11) is 0.125. The fourth-order valence-electron chi connectivity index (χ4n) is 2.74. The third kappa shape index (κ3) is 5.33. The number of ether oxygens (including phenoxy) is 1. The number of carbonyl (C=O) groups is 1. The zero-order chi connectivity index (χ0) is 17.6. The molecule has 0 saturated heterocycles. The predicted octanol–water partition coefficient (Wildman–Crippen LogP) is 4.65. The van der Waals surface area contributed by atoms with Crippen LogP contribution in [0.1, 0.15) is 27.0 Å². The number of carbonyl (C=O) groups excluding carboxylic acids is 1. The third-order valence-corrected chi connectivity index (χ3v) is 5.17. The minimum Gasteiger partial charge on any atom is -0.489 e. The molecule has 0 spiro atoms. The summed E-state index contributed by atoms with van der Waals surface area (Å²) in [4.78, 5) is 12.6. The molecule has 0 bridgehead atoms. The van der Waals surface area contributed by atoms with Crippen molar-refractivity contribution in [1.29, 1.82) is 0 Å². The molecule has 0 heterocycles. The van der Waals surface area contributed by atoms with Gasteiger partial charge < -0.3 is 4.74 Å². The van der Waals surface area contributed by atoms with Gasteiger partial charge in [-0.05, 0) is 56.6 Å². The van der Waals surface area contributed by atoms with Crippen molar-refractivity contribution in [3.63, 3.8) is 0 Å². The zero-order valence-corrected chi connectivity index (χ0v) is 16.5. The van der Waals surface area contributed by atoms with Gasteiger partial charge in [0, 0.05) is 24.4 Å². The summed E-state index contributed by atoms with van der Waals surface area (Å²) in [5.74, 6) is 0.817. The summed E-state index contributed by atoms with van der Waals surface area (Å²) in [6.45, 7) is 4.53. The van der Waals surface area contributed by atoms with Gasteiger partial charge in [0.1, 0.15) is 12.4 Å². The zero-order valence-electron chi connectivity index (χ0n) is 15.5. The van der Waals surface area contributed by atoms with E-state index in [0.29, 0.717) is 6.61 Å². The Bertz CT molecular complexity index is 841. The first-order valence-electron chi connectivity index (χ1n) is 8.28. The Balaban J connectivity index is 0.00000243. The standard InChI is InChI=1S/C22H21O2P.Li/c1-16-7-6-8-17(2)21(16)22(23)25-20-13-11-19(12-14-20)24-15-18-9-4-3-5-10-18;/h3-14,25H,15H2,1-2H3;. The molecule has 0 saturated carbocycles. The molecule has 3 aromatic rings. The number of hydrogen-bond donors (Lipinski definition) is 0. The van der Waals surface area contributed by atoms with E-state index in [9.17, 15) is 4.79 Å². The van der Waals surface area contributed by atoms with Crippen LogP contribution in [0.25, 0.3) is 0 Å². The molecule has 1 atom stereocenters. The molecular formula is C22H21LiO2P. The van der Waals surface area contributed by atoms with E-state index in [2.05, 4.69) is 0 Å². The van der Waals surface area contributed by atoms with E-state index in [1.165, 1.54) is 0 Å². The molecule has 1 unspecified atom stereocenters. The van der Waals surface area contributed by atoms with E-state index in [1.54, 1.807) is 0 Å². The topological polar surface area (TPSA) is 26.3 Å². The van der Waals surface area contributed by atoms with Crippen molar-refractivity contribution < 1.29 is 9.53 Å². The second kappa shape index (κ2) is 9.74. The second-order valence-electron chi connectivity index (χ2n) is 6.02. The van der Waals surface area contributed by atoms with Crippen LogP contribution in [-0.2, 0) is 6.61 Å². The molecule has 26 heavy (non-hydrogen) atoms. The largest absolute Gasteiger partial charge is 0.489 e. The number of aryl methyl sites for hydroxylation is 2. The Kier molecular flexibility index (Phi) is 7.67. The molecule has 2 nitrogen and oxygen atoms in total. The maximum absolute atomic E-state index is 12.6. The van der Waals surface area contributed by atoms with E-state index in [1.807, 2.05) is 86.6 Å². The van der Waals surface area contributed by atoms with Gasteiger partial charge in [-0.2, -0.15) is 0 Å². The maximum atomic E-state index is 12.6. The van der Waals surface area contributed by atoms with Gasteiger partial charge in [-0.15, -0.1) is 0 Å². The van der Waals surface area contributed by atoms with Gasteiger partial charge in [-0.1, -0.05) is 60.7 Å². The van der Waals surface area contributed by atoms with Gasteiger partial charge in [0.25, 0.3) is 0 Å². The molecule has 0 aliphatic rings. The van der Waals surface area contributed by atoms with Crippen LogP contribution in [0.2, 0.25) is 0 Å². The molecule has 0 aromatic heterocycles. The van der Waals surface area contributed by atoms with E-state index < -0.39 is 0 Å². The number of rotatable bonds is 6. The third-order valence-electron chi connectivity index (χ3n) is 4.07. The van der Waals surface area contributed by atoms with Crippen molar-refractivity contribution in [1.82, 2.24) is 0 Å². The minimum atomic E-state index is 0. The van der Waals surface area contributed by atoms with Gasteiger partial charge in [-0.3, -0.25) is 4.79 Å². The van der Waals surface area contributed by atoms with E-state index in [4.69, 9.17) is 4.74 Å². The fourth-order valence-corrected chi connectivity index (χ4v) is 3.86. The molecule has 0 aliphatic carbocycles. The molecule has 3 rings (SSSR count). The Hall–Kier alpha value is -1.84. The van der Waals surface area contributed by atoms with Crippen LogP contribution in [0.4, 0.5) is 0 Å². The SMILES string of the molecule is Cc1cccc(C)c1C(=O)Pc1ccc(OCc2ccccc2)cc1.[Li]. The van der Waals surface area contributed by atoms with Gasteiger partial charge in [0.2, 0.25) is 0 Å². The van der Waals surface area contributed by atoms with Crippen molar-refractivity contribution in [3.05, 3.63) is 95.1 Å². The van der Waals surface area contributed by atoms with Crippen LogP contribution in [-0.4, -0.2) is 24.4 Å². The predicted molar refractivity (Wildman–Crippen MR) is 111 cm³/mol. The first-order valence-corrected chi connectivity index (χ1v) is 9.28. The molecule has 0 fully saturated rings. The fraction of sp³-hybridized carbons (Fsp3) is 0.136. The van der Waals surface area contributed by atoms with Gasteiger partial charge in [0.15, 0.2) is 5.52 Å².